The van der Waals surface area contributed by atoms with Crippen molar-refractivity contribution in [1.29, 1.82) is 0 Å². The molecule has 430 valence electrons. The number of para-hydroxylation sites is 5. The van der Waals surface area contributed by atoms with E-state index in [1.54, 1.807) is 0 Å². The van der Waals surface area contributed by atoms with Crippen LogP contribution >= 0.6 is 0 Å². The number of pyridine rings is 1. The number of fused-ring (bicyclic) bond motifs is 15. The van der Waals surface area contributed by atoms with Crippen LogP contribution in [0.2, 0.25) is 0 Å². The maximum absolute atomic E-state index is 6.30. The third-order valence-electron chi connectivity index (χ3n) is 19.6. The third kappa shape index (κ3) is 8.11. The molecule has 4 aliphatic rings. The molecular weight excluding hydrogens is 1110 g/mol. The Morgan fingerprint density at radius 3 is 2.00 bits per heavy atom. The first-order valence-corrected chi connectivity index (χ1v) is 31.5. The number of nitrogens with zero attached hydrogens (tertiary/aromatic N) is 5. The van der Waals surface area contributed by atoms with Crippen molar-refractivity contribution in [3.63, 3.8) is 0 Å². The SMILES string of the molecule is C#CC=CC1=C(C)C2=CC(c3cccc(-n4c5ccccc5c5c4ccc4c6ccccc6n(-c6cc(-c7ccccc7)nc(C7C=CC=CC7C)c6)c45)c3)=C3c4ccccc4N(c4ccccc4)C3C2N1c1cccc(-c2ccc3oc4ccccc4c3c2)c1. The van der Waals surface area contributed by atoms with Gasteiger partial charge in [-0.3, -0.25) is 4.98 Å². The molecule has 0 fully saturated rings. The number of aromatic nitrogens is 3. The van der Waals surface area contributed by atoms with Gasteiger partial charge in [-0.05, 0) is 161 Å². The summed E-state index contributed by atoms with van der Waals surface area (Å²) < 4.78 is 11.3. The first-order chi connectivity index (χ1) is 45.0. The molecule has 18 rings (SSSR count). The fourth-order valence-electron chi connectivity index (χ4n) is 15.6. The van der Waals surface area contributed by atoms with Gasteiger partial charge in [-0.2, -0.15) is 0 Å². The number of rotatable bonds is 9. The lowest BCUT2D eigenvalue weighted by molar-refractivity contribution is 0.620. The molecule has 14 aromatic rings. The minimum absolute atomic E-state index is 0.125. The van der Waals surface area contributed by atoms with Gasteiger partial charge in [0.25, 0.3) is 0 Å². The molecule has 0 bridgehead atoms. The molecule has 6 heterocycles. The highest BCUT2D eigenvalue weighted by atomic mass is 16.3. The monoisotopic (exact) mass is 1170 g/mol. The van der Waals surface area contributed by atoms with E-state index in [1.165, 1.54) is 60.6 Å². The number of hydrogen-bond donors (Lipinski definition) is 0. The molecule has 0 spiro atoms. The van der Waals surface area contributed by atoms with Gasteiger partial charge in [-0.1, -0.05) is 195 Å². The molecular formula is C85H59N5O. The van der Waals surface area contributed by atoms with Gasteiger partial charge in [0.05, 0.1) is 51.2 Å². The second kappa shape index (κ2) is 20.7. The second-order valence-corrected chi connectivity index (χ2v) is 24.5. The van der Waals surface area contributed by atoms with Crippen molar-refractivity contribution < 1.29 is 4.42 Å². The molecule has 0 N–H and O–H groups in total. The van der Waals surface area contributed by atoms with E-state index in [9.17, 15) is 0 Å². The Morgan fingerprint density at radius 1 is 0.495 bits per heavy atom. The van der Waals surface area contributed by atoms with Crippen molar-refractivity contribution in [3.05, 3.63) is 325 Å². The van der Waals surface area contributed by atoms with Gasteiger partial charge in [-0.15, -0.1) is 6.42 Å². The van der Waals surface area contributed by atoms with E-state index in [0.717, 1.165) is 101 Å². The standard InChI is InChI=1S/C85H59N5O/c1-4-5-38-74-54(3)69-52-70(81-67-36-15-20-41-77(67)88(59-29-10-7-11-30-59)85(81)84(69)89(74)61-32-22-27-56(47-61)57-43-46-80-71(49-57)65-35-17-21-42-79(65)91-80)58-28-23-31-60(48-58)87-76-40-19-16-37-68(76)82-78(87)45-44-66-64-34-14-18-39-75(64)90(83(66)82)62-50-72(55-25-8-6-9-26-55)86-73(51-62)63-33-13-12-24-53(63)2/h1,5-53,63,84-85H,2-3H3. The van der Waals surface area contributed by atoms with Crippen LogP contribution in [0.1, 0.15) is 36.6 Å². The molecule has 10 aromatic carbocycles. The zero-order valence-electron chi connectivity index (χ0n) is 50.2. The fraction of sp³-hybridized carbons (Fsp3) is 0.0706. The average molecular weight is 1170 g/mol. The normalized spacial score (nSPS) is 17.8. The first kappa shape index (κ1) is 52.5. The number of allylic oxidation sites excluding steroid dienone is 8. The molecule has 4 atom stereocenters. The molecule has 2 aliphatic heterocycles. The lowest BCUT2D eigenvalue weighted by Crippen LogP contribution is -2.48. The van der Waals surface area contributed by atoms with E-state index in [1.807, 2.05) is 18.2 Å². The van der Waals surface area contributed by atoms with Crippen LogP contribution in [0.3, 0.4) is 0 Å². The summed E-state index contributed by atoms with van der Waals surface area (Å²) in [5.41, 5.74) is 25.7. The minimum atomic E-state index is -0.157. The van der Waals surface area contributed by atoms with Gasteiger partial charge in [0.15, 0.2) is 0 Å². The van der Waals surface area contributed by atoms with Crippen molar-refractivity contribution in [2.45, 2.75) is 31.8 Å². The van der Waals surface area contributed by atoms with Gasteiger partial charge < -0.3 is 23.4 Å². The summed E-state index contributed by atoms with van der Waals surface area (Å²) in [4.78, 5) is 10.6. The highest BCUT2D eigenvalue weighted by Gasteiger charge is 2.51. The van der Waals surface area contributed by atoms with Gasteiger partial charge in [0.2, 0.25) is 0 Å². The van der Waals surface area contributed by atoms with Gasteiger partial charge in [0, 0.05) is 77.8 Å². The molecule has 0 saturated carbocycles. The number of furan rings is 1. The third-order valence-corrected chi connectivity index (χ3v) is 19.6. The molecule has 0 radical (unpaired) electrons. The maximum Gasteiger partial charge on any atom is 0.135 e. The molecule has 6 nitrogen and oxygen atoms in total. The van der Waals surface area contributed by atoms with Gasteiger partial charge >= 0.3 is 0 Å². The van der Waals surface area contributed by atoms with Gasteiger partial charge in [0.1, 0.15) is 11.2 Å². The van der Waals surface area contributed by atoms with Crippen molar-refractivity contribution in [1.82, 2.24) is 14.1 Å². The van der Waals surface area contributed by atoms with Crippen LogP contribution in [0.5, 0.6) is 0 Å². The Labute approximate surface area is 527 Å². The van der Waals surface area contributed by atoms with Crippen LogP contribution in [-0.2, 0) is 0 Å². The smallest absolute Gasteiger partial charge is 0.135 e. The van der Waals surface area contributed by atoms with Crippen molar-refractivity contribution in [3.8, 4) is 46.1 Å². The van der Waals surface area contributed by atoms with E-state index in [0.29, 0.717) is 0 Å². The molecule has 0 amide bonds. The molecule has 91 heavy (non-hydrogen) atoms. The summed E-state index contributed by atoms with van der Waals surface area (Å²) in [5.74, 6) is 3.27. The highest BCUT2D eigenvalue weighted by Crippen LogP contribution is 2.57. The maximum atomic E-state index is 6.30. The van der Waals surface area contributed by atoms with E-state index >= 15 is 0 Å². The van der Waals surface area contributed by atoms with Crippen LogP contribution in [-0.4, -0.2) is 26.2 Å². The predicted octanol–water partition coefficient (Wildman–Crippen LogP) is 21.1. The largest absolute Gasteiger partial charge is 0.456 e. The lowest BCUT2D eigenvalue weighted by atomic mass is 9.79. The summed E-state index contributed by atoms with van der Waals surface area (Å²) in [6, 6.07) is 90.7. The van der Waals surface area contributed by atoms with Crippen molar-refractivity contribution in [2.75, 3.05) is 9.80 Å². The van der Waals surface area contributed by atoms with Crippen LogP contribution in [0.15, 0.2) is 313 Å². The number of benzene rings is 10. The summed E-state index contributed by atoms with van der Waals surface area (Å²) in [5, 5.41) is 7.03. The van der Waals surface area contributed by atoms with Crippen molar-refractivity contribution >= 4 is 93.8 Å². The summed E-state index contributed by atoms with van der Waals surface area (Å²) in [6.07, 6.45) is 21.6. The summed E-state index contributed by atoms with van der Waals surface area (Å²) in [7, 11) is 0. The number of hydrogen-bond acceptors (Lipinski definition) is 4. The van der Waals surface area contributed by atoms with E-state index in [4.69, 9.17) is 15.8 Å². The Morgan fingerprint density at radius 2 is 1.16 bits per heavy atom. The quantitative estimate of drug-likeness (QED) is 0.135. The average Bonchev–Trinajstić information content (AvgIpc) is 1.56. The van der Waals surface area contributed by atoms with E-state index in [2.05, 4.69) is 312 Å². The van der Waals surface area contributed by atoms with E-state index < -0.39 is 0 Å². The molecule has 4 aromatic heterocycles. The Balaban J connectivity index is 0.838. The number of anilines is 3. The molecule has 0 saturated heterocycles. The molecule has 6 heteroatoms. The first-order valence-electron chi connectivity index (χ1n) is 31.5. The molecule has 4 unspecified atom stereocenters. The second-order valence-electron chi connectivity index (χ2n) is 24.5. The van der Waals surface area contributed by atoms with Crippen LogP contribution < -0.4 is 9.80 Å². The zero-order valence-corrected chi connectivity index (χ0v) is 50.2. The summed E-state index contributed by atoms with van der Waals surface area (Å²) in [6.45, 7) is 4.57. The van der Waals surface area contributed by atoms with Crippen LogP contribution in [0, 0.1) is 18.3 Å². The van der Waals surface area contributed by atoms with Gasteiger partial charge in [-0.25, -0.2) is 0 Å². The fourth-order valence-corrected chi connectivity index (χ4v) is 15.6. The van der Waals surface area contributed by atoms with E-state index in [-0.39, 0.29) is 23.9 Å². The molecule has 2 aliphatic carbocycles. The Bertz CT molecular complexity index is 5620. The highest BCUT2D eigenvalue weighted by molar-refractivity contribution is 6.26. The topological polar surface area (TPSA) is 42.4 Å². The summed E-state index contributed by atoms with van der Waals surface area (Å²) >= 11 is 0. The van der Waals surface area contributed by atoms with Crippen LogP contribution in [0.25, 0.3) is 110 Å². The van der Waals surface area contributed by atoms with Crippen molar-refractivity contribution in [2.24, 2.45) is 5.92 Å². The Kier molecular flexibility index (Phi) is 12.0. The minimum Gasteiger partial charge on any atom is -0.456 e. The Hall–Kier alpha value is -11.7. The zero-order chi connectivity index (χ0) is 60.4. The predicted molar refractivity (Wildman–Crippen MR) is 378 cm³/mol. The lowest BCUT2D eigenvalue weighted by Gasteiger charge is -2.42. The van der Waals surface area contributed by atoms with Crippen LogP contribution in [0.4, 0.5) is 17.1 Å². The number of terminal acetylenes is 1.